The van der Waals surface area contributed by atoms with Gasteiger partial charge in [-0.2, -0.15) is 0 Å². The maximum absolute atomic E-state index is 15.2. The number of hydrogen-bond donors (Lipinski definition) is 3. The van der Waals surface area contributed by atoms with Crippen molar-refractivity contribution in [3.63, 3.8) is 0 Å². The molecule has 3 N–H and O–H groups in total. The van der Waals surface area contributed by atoms with Gasteiger partial charge in [-0.25, -0.2) is 41.3 Å². The third-order valence-electron chi connectivity index (χ3n) is 9.13. The van der Waals surface area contributed by atoms with Crippen LogP contribution < -0.4 is 21.3 Å². The van der Waals surface area contributed by atoms with Gasteiger partial charge in [0.2, 0.25) is 0 Å². The lowest BCUT2D eigenvalue weighted by molar-refractivity contribution is -0.139. The van der Waals surface area contributed by atoms with Crippen LogP contribution in [0.3, 0.4) is 0 Å². The number of carboxylic acid groups (broad SMARTS) is 1. The van der Waals surface area contributed by atoms with Gasteiger partial charge in [0.15, 0.2) is 5.82 Å². The highest BCUT2D eigenvalue weighted by molar-refractivity contribution is 7.92. The molecule has 6 aromatic rings. The minimum Gasteiger partial charge on any atom is -0.480 e. The molecule has 17 heteroatoms. The number of amides is 1. The van der Waals surface area contributed by atoms with Crippen LogP contribution >= 0.6 is 0 Å². The molecule has 0 radical (unpaired) electrons. The average molecular weight is 799 g/mol. The molecule has 0 unspecified atom stereocenters. The van der Waals surface area contributed by atoms with Crippen molar-refractivity contribution in [2.45, 2.75) is 43.7 Å². The molecule has 0 bridgehead atoms. The third-order valence-corrected chi connectivity index (χ3v) is 10.5. The van der Waals surface area contributed by atoms with Crippen molar-refractivity contribution in [2.24, 2.45) is 7.05 Å². The van der Waals surface area contributed by atoms with Crippen LogP contribution in [0.15, 0.2) is 106 Å². The summed E-state index contributed by atoms with van der Waals surface area (Å²) >= 11 is 0. The molecule has 1 amide bonds. The molecule has 6 rings (SSSR count). The summed E-state index contributed by atoms with van der Waals surface area (Å²) in [5.41, 5.74) is 0.460. The van der Waals surface area contributed by atoms with Crippen LogP contribution in [-0.4, -0.2) is 57.7 Å². The van der Waals surface area contributed by atoms with Crippen molar-refractivity contribution in [3.8, 4) is 16.8 Å². The number of aliphatic carboxylic acids is 1. The molecule has 294 valence electrons. The fraction of sp³-hybridized carbons (Fsp3) is 0.200. The van der Waals surface area contributed by atoms with Gasteiger partial charge < -0.3 is 15.2 Å². The molecule has 2 aromatic heterocycles. The zero-order valence-electron chi connectivity index (χ0n) is 30.8. The number of carboxylic acids is 1. The molecule has 0 aliphatic carbocycles. The zero-order chi connectivity index (χ0) is 41.0. The first-order chi connectivity index (χ1) is 27.2. The molecule has 2 heterocycles. The van der Waals surface area contributed by atoms with E-state index in [9.17, 15) is 32.7 Å². The van der Waals surface area contributed by atoms with Crippen LogP contribution in [0, 0.1) is 11.6 Å². The second-order valence-electron chi connectivity index (χ2n) is 13.1. The SMILES string of the molecule is CCCc1ccc2c(c1)c(=O)n(-c1ccc(C[C@H](NC(=O)c3cc(F)c(NS(=O)(=O)c4ccc(-c5cnc(COC)nc5)cc4)cc3F)C(=O)O)cc1)c(=O)n2C. The third kappa shape index (κ3) is 8.63. The van der Waals surface area contributed by atoms with E-state index >= 15 is 8.78 Å². The number of methoxy groups -OCH3 is 1. The fourth-order valence-corrected chi connectivity index (χ4v) is 7.23. The van der Waals surface area contributed by atoms with Gasteiger partial charge in [-0.05, 0) is 65.6 Å². The maximum atomic E-state index is 15.2. The summed E-state index contributed by atoms with van der Waals surface area (Å²) in [6.07, 6.45) is 4.40. The van der Waals surface area contributed by atoms with Crippen LogP contribution in [0.2, 0.25) is 0 Å². The summed E-state index contributed by atoms with van der Waals surface area (Å²) in [5, 5.41) is 12.4. The Kier molecular flexibility index (Phi) is 11.7. The number of carbonyl (C=O) groups is 2. The summed E-state index contributed by atoms with van der Waals surface area (Å²) in [4.78, 5) is 60.0. The largest absolute Gasteiger partial charge is 0.480 e. The van der Waals surface area contributed by atoms with Crippen molar-refractivity contribution < 1.29 is 36.6 Å². The van der Waals surface area contributed by atoms with Crippen LogP contribution in [0.4, 0.5) is 14.5 Å². The van der Waals surface area contributed by atoms with E-state index in [-0.39, 0.29) is 23.6 Å². The number of carbonyl (C=O) groups excluding carboxylic acids is 1. The molecule has 0 fully saturated rings. The van der Waals surface area contributed by atoms with Crippen LogP contribution in [0.5, 0.6) is 0 Å². The number of halogens is 2. The van der Waals surface area contributed by atoms with E-state index in [4.69, 9.17) is 4.74 Å². The predicted molar refractivity (Wildman–Crippen MR) is 207 cm³/mol. The van der Waals surface area contributed by atoms with Crippen molar-refractivity contribution >= 4 is 38.5 Å². The summed E-state index contributed by atoms with van der Waals surface area (Å²) in [6, 6.07) is 16.0. The Morgan fingerprint density at radius 2 is 1.56 bits per heavy atom. The number of ether oxygens (including phenoxy) is 1. The van der Waals surface area contributed by atoms with Gasteiger partial charge >= 0.3 is 11.7 Å². The standard InChI is InChI=1S/C40H36F2N6O8S/c1-4-5-23-8-15-35-30(16-23)38(50)48(40(53)47(35)2)27-11-6-24(7-12-27)17-34(39(51)52)45-37(49)29-18-32(42)33(19-31(29)41)46-57(54,55)28-13-9-25(10-14-28)26-20-43-36(22-56-3)44-21-26/h6-16,18-21,34,46H,4-5,17,22H2,1-3H3,(H,45,49)(H,51,52)/t34-/m0/s1. The number of nitrogens with one attached hydrogen (secondary N) is 2. The lowest BCUT2D eigenvalue weighted by atomic mass is 10.0. The first-order valence-corrected chi connectivity index (χ1v) is 19.0. The van der Waals surface area contributed by atoms with Gasteiger partial charge in [-0.3, -0.25) is 18.9 Å². The van der Waals surface area contributed by atoms with Gasteiger partial charge in [0.05, 0.1) is 32.7 Å². The van der Waals surface area contributed by atoms with Gasteiger partial charge in [-0.15, -0.1) is 0 Å². The number of aromatic nitrogens is 4. The van der Waals surface area contributed by atoms with E-state index in [1.807, 2.05) is 17.7 Å². The number of nitrogens with zero attached hydrogens (tertiary/aromatic N) is 4. The quantitative estimate of drug-likeness (QED) is 0.139. The number of hydrogen-bond acceptors (Lipinski definition) is 9. The summed E-state index contributed by atoms with van der Waals surface area (Å²) in [6.45, 7) is 2.23. The van der Waals surface area contributed by atoms with Crippen molar-refractivity contribution in [1.82, 2.24) is 24.4 Å². The lowest BCUT2D eigenvalue weighted by Crippen LogP contribution is -2.42. The van der Waals surface area contributed by atoms with E-state index in [1.165, 1.54) is 60.2 Å². The molecule has 4 aromatic carbocycles. The number of anilines is 1. The Morgan fingerprint density at radius 3 is 2.19 bits per heavy atom. The number of fused-ring (bicyclic) bond motifs is 1. The van der Waals surface area contributed by atoms with E-state index in [0.717, 1.165) is 23.0 Å². The van der Waals surface area contributed by atoms with Crippen LogP contribution in [-0.2, 0) is 46.1 Å². The van der Waals surface area contributed by atoms with Crippen molar-refractivity contribution in [3.05, 3.63) is 146 Å². The molecule has 0 aliphatic rings. The summed E-state index contributed by atoms with van der Waals surface area (Å²) in [7, 11) is -1.37. The Labute approximate surface area is 324 Å². The molecule has 0 aliphatic heterocycles. The van der Waals surface area contributed by atoms with Gasteiger partial charge in [-0.1, -0.05) is 43.7 Å². The Bertz CT molecular complexity index is 2720. The zero-order valence-corrected chi connectivity index (χ0v) is 31.6. The van der Waals surface area contributed by atoms with E-state index in [1.54, 1.807) is 31.6 Å². The second-order valence-corrected chi connectivity index (χ2v) is 14.8. The number of rotatable bonds is 14. The average Bonchev–Trinajstić information content (AvgIpc) is 3.19. The Morgan fingerprint density at radius 1 is 0.895 bits per heavy atom. The summed E-state index contributed by atoms with van der Waals surface area (Å²) < 4.78 is 65.9. The van der Waals surface area contributed by atoms with E-state index in [0.29, 0.717) is 45.6 Å². The molecule has 14 nitrogen and oxygen atoms in total. The number of benzene rings is 4. The summed E-state index contributed by atoms with van der Waals surface area (Å²) in [5.74, 6) is -4.92. The van der Waals surface area contributed by atoms with Crippen molar-refractivity contribution in [2.75, 3.05) is 11.8 Å². The van der Waals surface area contributed by atoms with E-state index < -0.39 is 62.1 Å². The van der Waals surface area contributed by atoms with Gasteiger partial charge in [0, 0.05) is 44.6 Å². The highest BCUT2D eigenvalue weighted by atomic mass is 32.2. The Balaban J connectivity index is 1.15. The van der Waals surface area contributed by atoms with Crippen LogP contribution in [0.25, 0.3) is 27.7 Å². The van der Waals surface area contributed by atoms with Crippen LogP contribution in [0.1, 0.15) is 40.7 Å². The Hall–Kier alpha value is -6.59. The maximum Gasteiger partial charge on any atom is 0.335 e. The molecular weight excluding hydrogens is 763 g/mol. The molecule has 1 atom stereocenters. The molecule has 0 spiro atoms. The van der Waals surface area contributed by atoms with Gasteiger partial charge in [0.25, 0.3) is 21.5 Å². The number of aryl methyl sites for hydroxylation is 2. The number of sulfonamides is 1. The highest BCUT2D eigenvalue weighted by Crippen LogP contribution is 2.25. The van der Waals surface area contributed by atoms with Gasteiger partial charge in [0.1, 0.15) is 24.3 Å². The smallest absolute Gasteiger partial charge is 0.335 e. The topological polar surface area (TPSA) is 192 Å². The fourth-order valence-electron chi connectivity index (χ4n) is 6.17. The van der Waals surface area contributed by atoms with E-state index in [2.05, 4.69) is 15.3 Å². The molecule has 0 saturated heterocycles. The predicted octanol–water partition coefficient (Wildman–Crippen LogP) is 4.75. The minimum atomic E-state index is -4.43. The first-order valence-electron chi connectivity index (χ1n) is 17.5. The normalized spacial score (nSPS) is 12.0. The minimum absolute atomic E-state index is 0.218. The monoisotopic (exact) mass is 798 g/mol. The second kappa shape index (κ2) is 16.6. The molecular formula is C40H36F2N6O8S. The first kappa shape index (κ1) is 40.1. The highest BCUT2D eigenvalue weighted by Gasteiger charge is 2.26. The van der Waals surface area contributed by atoms with Crippen molar-refractivity contribution in [1.29, 1.82) is 0 Å². The lowest BCUT2D eigenvalue weighted by Gasteiger charge is -2.16. The molecule has 57 heavy (non-hydrogen) atoms. The molecule has 0 saturated carbocycles.